The second kappa shape index (κ2) is 9.68. The summed E-state index contributed by atoms with van der Waals surface area (Å²) in [4.78, 5) is 23.6. The minimum Gasteiger partial charge on any atom is -0.493 e. The number of ether oxygens (including phenoxy) is 3. The molecular formula is C19H15ClF2O5. The van der Waals surface area contributed by atoms with Gasteiger partial charge in [-0.1, -0.05) is 17.7 Å². The zero-order chi connectivity index (χ0) is 19.8. The molecule has 0 heterocycles. The maximum Gasteiger partial charge on any atom is 0.387 e. The summed E-state index contributed by atoms with van der Waals surface area (Å²) < 4.78 is 38.8. The molecule has 0 saturated carbocycles. The molecule has 0 radical (unpaired) electrons. The number of esters is 1. The molecule has 0 bridgehead atoms. The fourth-order valence-electron chi connectivity index (χ4n) is 2.05. The highest BCUT2D eigenvalue weighted by Gasteiger charge is 2.11. The molecule has 2 aromatic rings. The topological polar surface area (TPSA) is 61.8 Å². The highest BCUT2D eigenvalue weighted by atomic mass is 35.5. The summed E-state index contributed by atoms with van der Waals surface area (Å²) in [6.45, 7) is -3.40. The Balaban J connectivity index is 1.94. The highest BCUT2D eigenvalue weighted by Crippen LogP contribution is 2.29. The van der Waals surface area contributed by atoms with Crippen molar-refractivity contribution in [3.05, 3.63) is 64.7 Å². The third-order valence-electron chi connectivity index (χ3n) is 3.33. The first kappa shape index (κ1) is 20.4. The molecule has 0 aliphatic heterocycles. The molecule has 0 unspecified atom stereocenters. The molecule has 0 aliphatic rings. The molecule has 0 aromatic heterocycles. The lowest BCUT2D eigenvalue weighted by Crippen LogP contribution is -2.12. The van der Waals surface area contributed by atoms with E-state index in [1.807, 2.05) is 0 Å². The molecule has 0 aliphatic carbocycles. The van der Waals surface area contributed by atoms with Crippen LogP contribution in [-0.4, -0.2) is 32.1 Å². The van der Waals surface area contributed by atoms with Crippen LogP contribution in [-0.2, 0) is 9.53 Å². The second-order valence-corrected chi connectivity index (χ2v) is 5.60. The lowest BCUT2D eigenvalue weighted by Gasteiger charge is -2.10. The van der Waals surface area contributed by atoms with E-state index in [9.17, 15) is 18.4 Å². The summed E-state index contributed by atoms with van der Waals surface area (Å²) in [5.74, 6) is -1.14. The molecule has 2 aromatic carbocycles. The van der Waals surface area contributed by atoms with Crippen LogP contribution >= 0.6 is 11.6 Å². The van der Waals surface area contributed by atoms with Gasteiger partial charge in [0.25, 0.3) is 0 Å². The van der Waals surface area contributed by atoms with Crippen LogP contribution in [0.2, 0.25) is 5.02 Å². The van der Waals surface area contributed by atoms with Gasteiger partial charge >= 0.3 is 12.6 Å². The Labute approximate surface area is 159 Å². The molecule has 0 spiro atoms. The summed E-state index contributed by atoms with van der Waals surface area (Å²) in [7, 11) is 1.30. The van der Waals surface area contributed by atoms with Crippen LogP contribution in [0, 0.1) is 0 Å². The third kappa shape index (κ3) is 6.38. The summed E-state index contributed by atoms with van der Waals surface area (Å²) in [5.41, 5.74) is 0.866. The predicted molar refractivity (Wildman–Crippen MR) is 95.4 cm³/mol. The number of Topliss-reactive ketones (excluding diaryl/α,β-unsaturated/α-hetero) is 1. The van der Waals surface area contributed by atoms with Gasteiger partial charge in [-0.3, -0.25) is 4.79 Å². The van der Waals surface area contributed by atoms with Gasteiger partial charge < -0.3 is 14.2 Å². The van der Waals surface area contributed by atoms with E-state index >= 15 is 0 Å². The molecule has 142 valence electrons. The summed E-state index contributed by atoms with van der Waals surface area (Å²) in [5, 5.41) is 0.492. The molecule has 0 amide bonds. The molecule has 0 saturated heterocycles. The van der Waals surface area contributed by atoms with Gasteiger partial charge in [-0.15, -0.1) is 0 Å². The van der Waals surface area contributed by atoms with Gasteiger partial charge in [-0.25, -0.2) is 4.79 Å². The van der Waals surface area contributed by atoms with E-state index in [0.29, 0.717) is 16.1 Å². The van der Waals surface area contributed by atoms with Crippen molar-refractivity contribution < 1.29 is 32.6 Å². The van der Waals surface area contributed by atoms with E-state index in [4.69, 9.17) is 21.1 Å². The maximum absolute atomic E-state index is 12.3. The summed E-state index contributed by atoms with van der Waals surface area (Å²) in [6.07, 6.45) is 2.50. The van der Waals surface area contributed by atoms with Gasteiger partial charge in [0.15, 0.2) is 23.9 Å². The van der Waals surface area contributed by atoms with Gasteiger partial charge in [0, 0.05) is 16.7 Å². The average molecular weight is 397 g/mol. The van der Waals surface area contributed by atoms with E-state index in [1.54, 1.807) is 12.1 Å². The smallest absolute Gasteiger partial charge is 0.387 e. The van der Waals surface area contributed by atoms with Crippen LogP contribution in [0.4, 0.5) is 8.78 Å². The van der Waals surface area contributed by atoms with E-state index in [-0.39, 0.29) is 17.3 Å². The highest BCUT2D eigenvalue weighted by molar-refractivity contribution is 6.30. The Kier molecular flexibility index (Phi) is 7.31. The van der Waals surface area contributed by atoms with Crippen LogP contribution in [0.1, 0.15) is 15.9 Å². The molecule has 0 N–H and O–H groups in total. The number of ketones is 1. The Morgan fingerprint density at radius 3 is 2.44 bits per heavy atom. The van der Waals surface area contributed by atoms with Crippen LogP contribution < -0.4 is 9.47 Å². The zero-order valence-electron chi connectivity index (χ0n) is 14.2. The molecule has 8 heteroatoms. The fourth-order valence-corrected chi connectivity index (χ4v) is 2.18. The SMILES string of the molecule is COc1cc(C=CC(=O)OCC(=O)c2ccc(Cl)cc2)ccc1OC(F)F. The van der Waals surface area contributed by atoms with Crippen molar-refractivity contribution in [2.45, 2.75) is 6.61 Å². The average Bonchev–Trinajstić information content (AvgIpc) is 2.65. The van der Waals surface area contributed by atoms with E-state index in [1.165, 1.54) is 43.5 Å². The van der Waals surface area contributed by atoms with Crippen molar-refractivity contribution in [3.8, 4) is 11.5 Å². The normalized spacial score (nSPS) is 10.9. The Bertz CT molecular complexity index is 834. The van der Waals surface area contributed by atoms with Crippen LogP contribution in [0.5, 0.6) is 11.5 Å². The first-order valence-corrected chi connectivity index (χ1v) is 8.03. The quantitative estimate of drug-likeness (QED) is 0.376. The standard InChI is InChI=1S/C19H15ClF2O5/c1-25-17-10-12(2-8-16(17)27-19(21)22)3-9-18(24)26-11-15(23)13-4-6-14(20)7-5-13/h2-10,19H,11H2,1H3. The number of carbonyl (C=O) groups is 2. The molecule has 0 atom stereocenters. The summed E-state index contributed by atoms with van der Waals surface area (Å²) >= 11 is 5.74. The number of hydrogen-bond donors (Lipinski definition) is 0. The van der Waals surface area contributed by atoms with Gasteiger partial charge in [-0.05, 0) is 48.0 Å². The van der Waals surface area contributed by atoms with Gasteiger partial charge in [0.05, 0.1) is 7.11 Å². The van der Waals surface area contributed by atoms with Crippen molar-refractivity contribution in [3.63, 3.8) is 0 Å². The van der Waals surface area contributed by atoms with Gasteiger partial charge in [0.2, 0.25) is 0 Å². The number of carbonyl (C=O) groups excluding carboxylic acids is 2. The van der Waals surface area contributed by atoms with E-state index in [0.717, 1.165) is 6.08 Å². The Morgan fingerprint density at radius 1 is 1.11 bits per heavy atom. The van der Waals surface area contributed by atoms with Crippen LogP contribution in [0.3, 0.4) is 0 Å². The number of methoxy groups -OCH3 is 1. The first-order valence-electron chi connectivity index (χ1n) is 7.65. The van der Waals surface area contributed by atoms with E-state index in [2.05, 4.69) is 4.74 Å². The number of halogens is 3. The van der Waals surface area contributed by atoms with Crippen LogP contribution in [0.15, 0.2) is 48.5 Å². The zero-order valence-corrected chi connectivity index (χ0v) is 14.9. The number of rotatable bonds is 8. The minimum atomic E-state index is -2.98. The molecule has 0 fully saturated rings. The Morgan fingerprint density at radius 2 is 1.81 bits per heavy atom. The van der Waals surface area contributed by atoms with E-state index < -0.39 is 19.2 Å². The fraction of sp³-hybridized carbons (Fsp3) is 0.158. The predicted octanol–water partition coefficient (Wildman–Crippen LogP) is 4.39. The van der Waals surface area contributed by atoms with Gasteiger partial charge in [-0.2, -0.15) is 8.78 Å². The number of alkyl halides is 2. The number of hydrogen-bond acceptors (Lipinski definition) is 5. The van der Waals surface area contributed by atoms with Crippen molar-refractivity contribution >= 4 is 29.4 Å². The lowest BCUT2D eigenvalue weighted by atomic mass is 10.1. The van der Waals surface area contributed by atoms with Crippen LogP contribution in [0.25, 0.3) is 6.08 Å². The maximum atomic E-state index is 12.3. The largest absolute Gasteiger partial charge is 0.493 e. The second-order valence-electron chi connectivity index (χ2n) is 5.16. The molecule has 2 rings (SSSR count). The van der Waals surface area contributed by atoms with Crippen molar-refractivity contribution in [1.29, 1.82) is 0 Å². The molecule has 27 heavy (non-hydrogen) atoms. The van der Waals surface area contributed by atoms with Crippen molar-refractivity contribution in [1.82, 2.24) is 0 Å². The minimum absolute atomic E-state index is 0.0868. The van der Waals surface area contributed by atoms with Crippen molar-refractivity contribution in [2.75, 3.05) is 13.7 Å². The summed E-state index contributed by atoms with van der Waals surface area (Å²) in [6, 6.07) is 10.4. The molecular weight excluding hydrogens is 382 g/mol. The first-order chi connectivity index (χ1) is 12.9. The van der Waals surface area contributed by atoms with Crippen molar-refractivity contribution in [2.24, 2.45) is 0 Å². The van der Waals surface area contributed by atoms with Gasteiger partial charge in [0.1, 0.15) is 0 Å². The monoisotopic (exact) mass is 396 g/mol. The Hall–Kier alpha value is -2.93. The lowest BCUT2D eigenvalue weighted by molar-refractivity contribution is -0.136. The third-order valence-corrected chi connectivity index (χ3v) is 3.58. The number of benzene rings is 2. The molecule has 5 nitrogen and oxygen atoms in total.